The van der Waals surface area contributed by atoms with Crippen molar-refractivity contribution in [3.05, 3.63) is 45.7 Å². The van der Waals surface area contributed by atoms with E-state index in [1.54, 1.807) is 12.1 Å². The van der Waals surface area contributed by atoms with Crippen LogP contribution >= 0.6 is 15.9 Å². The summed E-state index contributed by atoms with van der Waals surface area (Å²) in [5.74, 6) is -0.183. The molecule has 3 heteroatoms. The van der Waals surface area contributed by atoms with Gasteiger partial charge in [-0.25, -0.2) is 4.39 Å². The molecule has 1 aliphatic carbocycles. The Hall–Kier alpha value is -0.670. The minimum Gasteiger partial charge on any atom is -0.310 e. The van der Waals surface area contributed by atoms with Gasteiger partial charge in [-0.3, -0.25) is 0 Å². The molecule has 0 amide bonds. The van der Waals surface area contributed by atoms with Gasteiger partial charge in [0, 0.05) is 4.47 Å². The molecule has 0 heterocycles. The molecule has 1 aromatic rings. The van der Waals surface area contributed by atoms with Crippen molar-refractivity contribution in [3.63, 3.8) is 0 Å². The molecule has 1 aliphatic rings. The molecule has 1 nitrogen and oxygen atoms in total. The number of allylic oxidation sites excluding steroid dienone is 1. The van der Waals surface area contributed by atoms with E-state index >= 15 is 0 Å². The second kappa shape index (κ2) is 5.11. The zero-order chi connectivity index (χ0) is 11.5. The molecule has 1 N–H and O–H groups in total. The Morgan fingerprint density at radius 1 is 1.44 bits per heavy atom. The Morgan fingerprint density at radius 2 is 2.25 bits per heavy atom. The van der Waals surface area contributed by atoms with E-state index in [4.69, 9.17) is 0 Å². The summed E-state index contributed by atoms with van der Waals surface area (Å²) in [6.07, 6.45) is 5.72. The first-order valence-electron chi connectivity index (χ1n) is 5.53. The number of hydrogen-bond donors (Lipinski definition) is 1. The molecule has 1 unspecified atom stereocenters. The summed E-state index contributed by atoms with van der Waals surface area (Å²) in [5, 5.41) is 3.26. The van der Waals surface area contributed by atoms with Crippen LogP contribution in [0.1, 0.15) is 30.9 Å². The molecule has 1 aromatic carbocycles. The number of nitrogens with one attached hydrogen (secondary N) is 1. The Balaban J connectivity index is 2.35. The molecule has 0 spiro atoms. The molecule has 86 valence electrons. The standard InChI is InChI=1S/C13H15BrFN/c1-16-13(9-4-2-3-5-9)11-8-10(15)6-7-12(11)14/h4,6-8,13,16H,2-3,5H2,1H3. The lowest BCUT2D eigenvalue weighted by atomic mass is 9.98. The average Bonchev–Trinajstić information content (AvgIpc) is 2.78. The predicted octanol–water partition coefficient (Wildman–Crippen LogP) is 3.96. The van der Waals surface area contributed by atoms with Crippen LogP contribution < -0.4 is 5.32 Å². The van der Waals surface area contributed by atoms with Gasteiger partial charge in [-0.15, -0.1) is 0 Å². The van der Waals surface area contributed by atoms with E-state index in [0.29, 0.717) is 0 Å². The number of benzene rings is 1. The van der Waals surface area contributed by atoms with Gasteiger partial charge in [0.25, 0.3) is 0 Å². The highest BCUT2D eigenvalue weighted by atomic mass is 79.9. The van der Waals surface area contributed by atoms with Gasteiger partial charge in [-0.05, 0) is 50.1 Å². The molecular weight excluding hydrogens is 269 g/mol. The van der Waals surface area contributed by atoms with Crippen molar-refractivity contribution in [2.75, 3.05) is 7.05 Å². The predicted molar refractivity (Wildman–Crippen MR) is 67.8 cm³/mol. The van der Waals surface area contributed by atoms with Crippen LogP contribution in [0.25, 0.3) is 0 Å². The van der Waals surface area contributed by atoms with Crippen molar-refractivity contribution in [2.24, 2.45) is 0 Å². The Kier molecular flexibility index (Phi) is 3.77. The molecule has 2 rings (SSSR count). The highest BCUT2D eigenvalue weighted by Gasteiger charge is 2.19. The Morgan fingerprint density at radius 3 is 2.88 bits per heavy atom. The first kappa shape index (κ1) is 11.8. The highest BCUT2D eigenvalue weighted by molar-refractivity contribution is 9.10. The van der Waals surface area contributed by atoms with Gasteiger partial charge in [0.2, 0.25) is 0 Å². The third-order valence-corrected chi connectivity index (χ3v) is 3.73. The average molecular weight is 284 g/mol. The largest absolute Gasteiger partial charge is 0.310 e. The maximum Gasteiger partial charge on any atom is 0.123 e. The van der Waals surface area contributed by atoms with Crippen LogP contribution in [-0.4, -0.2) is 7.05 Å². The molecule has 0 radical (unpaired) electrons. The molecule has 1 atom stereocenters. The van der Waals surface area contributed by atoms with Gasteiger partial charge in [0.05, 0.1) is 6.04 Å². The van der Waals surface area contributed by atoms with Crippen LogP contribution in [0.2, 0.25) is 0 Å². The van der Waals surface area contributed by atoms with Crippen LogP contribution in [-0.2, 0) is 0 Å². The molecule has 0 aliphatic heterocycles. The third kappa shape index (κ3) is 2.36. The van der Waals surface area contributed by atoms with Gasteiger partial charge < -0.3 is 5.32 Å². The lowest BCUT2D eigenvalue weighted by molar-refractivity contribution is 0.609. The van der Waals surface area contributed by atoms with Crippen molar-refractivity contribution in [2.45, 2.75) is 25.3 Å². The lowest BCUT2D eigenvalue weighted by Crippen LogP contribution is -2.18. The molecule has 0 aromatic heterocycles. The smallest absolute Gasteiger partial charge is 0.123 e. The molecule has 0 saturated heterocycles. The Bertz CT molecular complexity index is 414. The monoisotopic (exact) mass is 283 g/mol. The number of rotatable bonds is 3. The first-order chi connectivity index (χ1) is 7.72. The van der Waals surface area contributed by atoms with Crippen molar-refractivity contribution < 1.29 is 4.39 Å². The lowest BCUT2D eigenvalue weighted by Gasteiger charge is -2.19. The fraction of sp³-hybridized carbons (Fsp3) is 0.385. The maximum atomic E-state index is 13.3. The molecule has 0 fully saturated rings. The van der Waals surface area contributed by atoms with Crippen LogP contribution in [0.4, 0.5) is 4.39 Å². The zero-order valence-electron chi connectivity index (χ0n) is 9.26. The van der Waals surface area contributed by atoms with Crippen molar-refractivity contribution in [3.8, 4) is 0 Å². The van der Waals surface area contributed by atoms with Gasteiger partial charge in [-0.1, -0.05) is 27.6 Å². The number of halogens is 2. The Labute approximate surface area is 104 Å². The summed E-state index contributed by atoms with van der Waals surface area (Å²) in [5.41, 5.74) is 2.35. The molecule has 0 bridgehead atoms. The van der Waals surface area contributed by atoms with E-state index in [-0.39, 0.29) is 11.9 Å². The van der Waals surface area contributed by atoms with Crippen LogP contribution in [0.15, 0.2) is 34.3 Å². The van der Waals surface area contributed by atoms with Crippen molar-refractivity contribution in [1.82, 2.24) is 5.32 Å². The van der Waals surface area contributed by atoms with E-state index in [9.17, 15) is 4.39 Å². The van der Waals surface area contributed by atoms with E-state index in [1.165, 1.54) is 18.1 Å². The van der Waals surface area contributed by atoms with E-state index in [1.807, 2.05) is 7.05 Å². The van der Waals surface area contributed by atoms with E-state index < -0.39 is 0 Å². The fourth-order valence-electron chi connectivity index (χ4n) is 2.23. The van der Waals surface area contributed by atoms with Gasteiger partial charge in [0.1, 0.15) is 5.82 Å². The summed E-state index contributed by atoms with van der Waals surface area (Å²) in [4.78, 5) is 0. The third-order valence-electron chi connectivity index (χ3n) is 3.00. The summed E-state index contributed by atoms with van der Waals surface area (Å²) in [6.45, 7) is 0. The second-order valence-electron chi connectivity index (χ2n) is 4.06. The van der Waals surface area contributed by atoms with Gasteiger partial charge >= 0.3 is 0 Å². The van der Waals surface area contributed by atoms with Crippen molar-refractivity contribution in [1.29, 1.82) is 0 Å². The number of hydrogen-bond acceptors (Lipinski definition) is 1. The van der Waals surface area contributed by atoms with Crippen molar-refractivity contribution >= 4 is 15.9 Å². The minimum atomic E-state index is -0.183. The van der Waals surface area contributed by atoms with Crippen LogP contribution in [0, 0.1) is 5.82 Å². The zero-order valence-corrected chi connectivity index (χ0v) is 10.8. The summed E-state index contributed by atoms with van der Waals surface area (Å²) >= 11 is 3.49. The molecule has 16 heavy (non-hydrogen) atoms. The maximum absolute atomic E-state index is 13.3. The van der Waals surface area contributed by atoms with Gasteiger partial charge in [0.15, 0.2) is 0 Å². The van der Waals surface area contributed by atoms with Gasteiger partial charge in [-0.2, -0.15) is 0 Å². The normalized spacial score (nSPS) is 17.3. The SMILES string of the molecule is CNC(C1=CCCC1)c1cc(F)ccc1Br. The summed E-state index contributed by atoms with van der Waals surface area (Å²) in [7, 11) is 1.92. The summed E-state index contributed by atoms with van der Waals surface area (Å²) < 4.78 is 14.2. The van der Waals surface area contributed by atoms with Crippen LogP contribution in [0.3, 0.4) is 0 Å². The first-order valence-corrected chi connectivity index (χ1v) is 6.33. The highest BCUT2D eigenvalue weighted by Crippen LogP contribution is 2.34. The topological polar surface area (TPSA) is 12.0 Å². The summed E-state index contributed by atoms with van der Waals surface area (Å²) in [6, 6.07) is 4.98. The molecule has 0 saturated carbocycles. The van der Waals surface area contributed by atoms with E-state index in [0.717, 1.165) is 22.9 Å². The van der Waals surface area contributed by atoms with E-state index in [2.05, 4.69) is 27.3 Å². The number of likely N-dealkylation sites (N-methyl/N-ethyl adjacent to an activating group) is 1. The quantitative estimate of drug-likeness (QED) is 0.828. The fourth-order valence-corrected chi connectivity index (χ4v) is 2.71. The second-order valence-corrected chi connectivity index (χ2v) is 4.91. The molecular formula is C13H15BrFN. The van der Waals surface area contributed by atoms with Crippen LogP contribution in [0.5, 0.6) is 0 Å². The minimum absolute atomic E-state index is 0.132.